The number of ether oxygens (including phenoxy) is 1. The fraction of sp³-hybridized carbons (Fsp3) is 0.467. The quantitative estimate of drug-likeness (QED) is 0.793. The number of carbonyl (C=O) groups is 1. The standard InChI is InChI=1S/C15H17FN2O2/c1-20-15(19)11-4-6-18(7-5-11)10-12-2-3-14(16)8-13(12)9-17/h2-3,8,11H,4-7,10H2,1H3. The largest absolute Gasteiger partial charge is 0.469 e. The van der Waals surface area contributed by atoms with E-state index in [-0.39, 0.29) is 11.9 Å². The predicted molar refractivity (Wildman–Crippen MR) is 71.1 cm³/mol. The SMILES string of the molecule is COC(=O)C1CCN(Cc2ccc(F)cc2C#N)CC1. The van der Waals surface area contributed by atoms with Crippen LogP contribution >= 0.6 is 0 Å². The summed E-state index contributed by atoms with van der Waals surface area (Å²) in [5.74, 6) is -0.571. The second-order valence-electron chi connectivity index (χ2n) is 4.99. The number of rotatable bonds is 3. The van der Waals surface area contributed by atoms with Crippen molar-refractivity contribution < 1.29 is 13.9 Å². The van der Waals surface area contributed by atoms with Crippen LogP contribution in [0.25, 0.3) is 0 Å². The molecule has 20 heavy (non-hydrogen) atoms. The molecule has 1 aromatic carbocycles. The molecular weight excluding hydrogens is 259 g/mol. The molecule has 1 aliphatic heterocycles. The smallest absolute Gasteiger partial charge is 0.308 e. The number of likely N-dealkylation sites (tertiary alicyclic amines) is 1. The van der Waals surface area contributed by atoms with E-state index in [1.54, 1.807) is 6.07 Å². The molecule has 4 nitrogen and oxygen atoms in total. The summed E-state index contributed by atoms with van der Waals surface area (Å²) in [6.45, 7) is 2.17. The number of esters is 1. The van der Waals surface area contributed by atoms with E-state index < -0.39 is 5.82 Å². The van der Waals surface area contributed by atoms with Crippen LogP contribution in [0.2, 0.25) is 0 Å². The third kappa shape index (κ3) is 3.34. The van der Waals surface area contributed by atoms with Crippen molar-refractivity contribution in [2.45, 2.75) is 19.4 Å². The van der Waals surface area contributed by atoms with Crippen LogP contribution in [-0.2, 0) is 16.1 Å². The van der Waals surface area contributed by atoms with E-state index in [1.807, 2.05) is 6.07 Å². The minimum Gasteiger partial charge on any atom is -0.469 e. The fourth-order valence-corrected chi connectivity index (χ4v) is 2.52. The monoisotopic (exact) mass is 276 g/mol. The minimum atomic E-state index is -0.394. The average molecular weight is 276 g/mol. The molecule has 0 spiro atoms. The first-order valence-corrected chi connectivity index (χ1v) is 6.62. The fourth-order valence-electron chi connectivity index (χ4n) is 2.52. The van der Waals surface area contributed by atoms with Gasteiger partial charge < -0.3 is 4.74 Å². The summed E-state index contributed by atoms with van der Waals surface area (Å²) in [6, 6.07) is 6.31. The summed E-state index contributed by atoms with van der Waals surface area (Å²) in [7, 11) is 1.41. The molecular formula is C15H17FN2O2. The van der Waals surface area contributed by atoms with Crippen molar-refractivity contribution in [2.75, 3.05) is 20.2 Å². The number of halogens is 1. The Morgan fingerprint density at radius 2 is 2.20 bits per heavy atom. The van der Waals surface area contributed by atoms with Crippen molar-refractivity contribution in [3.8, 4) is 6.07 Å². The summed E-state index contributed by atoms with van der Waals surface area (Å²) in [5.41, 5.74) is 1.20. The molecule has 1 saturated heterocycles. The first kappa shape index (κ1) is 14.5. The van der Waals surface area contributed by atoms with Gasteiger partial charge in [0.05, 0.1) is 24.7 Å². The Morgan fingerprint density at radius 1 is 1.50 bits per heavy atom. The molecule has 1 aromatic rings. The predicted octanol–water partition coefficient (Wildman–Crippen LogP) is 2.08. The van der Waals surface area contributed by atoms with Gasteiger partial charge in [-0.2, -0.15) is 5.26 Å². The zero-order chi connectivity index (χ0) is 14.5. The van der Waals surface area contributed by atoms with Gasteiger partial charge in [0, 0.05) is 6.54 Å². The highest BCUT2D eigenvalue weighted by atomic mass is 19.1. The van der Waals surface area contributed by atoms with Crippen LogP contribution in [0.15, 0.2) is 18.2 Å². The highest BCUT2D eigenvalue weighted by molar-refractivity contribution is 5.72. The van der Waals surface area contributed by atoms with Crippen molar-refractivity contribution in [3.63, 3.8) is 0 Å². The molecule has 0 radical (unpaired) electrons. The third-order valence-corrected chi connectivity index (χ3v) is 3.71. The highest BCUT2D eigenvalue weighted by Gasteiger charge is 2.25. The van der Waals surface area contributed by atoms with E-state index in [2.05, 4.69) is 4.90 Å². The Hall–Kier alpha value is -1.93. The van der Waals surface area contributed by atoms with Crippen molar-refractivity contribution in [3.05, 3.63) is 35.1 Å². The minimum absolute atomic E-state index is 0.0279. The number of benzene rings is 1. The maximum atomic E-state index is 13.1. The van der Waals surface area contributed by atoms with Crippen LogP contribution in [0.4, 0.5) is 4.39 Å². The van der Waals surface area contributed by atoms with Crippen LogP contribution < -0.4 is 0 Å². The van der Waals surface area contributed by atoms with Gasteiger partial charge in [-0.3, -0.25) is 9.69 Å². The molecule has 2 rings (SSSR count). The number of hydrogen-bond donors (Lipinski definition) is 0. The van der Waals surface area contributed by atoms with Gasteiger partial charge in [-0.1, -0.05) is 6.07 Å². The van der Waals surface area contributed by atoms with Crippen LogP contribution in [0.3, 0.4) is 0 Å². The molecule has 0 aromatic heterocycles. The Labute approximate surface area is 117 Å². The number of nitrogens with zero attached hydrogens (tertiary/aromatic N) is 2. The lowest BCUT2D eigenvalue weighted by Gasteiger charge is -2.30. The molecule has 1 heterocycles. The highest BCUT2D eigenvalue weighted by Crippen LogP contribution is 2.21. The summed E-state index contributed by atoms with van der Waals surface area (Å²) in [5, 5.41) is 9.02. The van der Waals surface area contributed by atoms with E-state index in [0.29, 0.717) is 12.1 Å². The van der Waals surface area contributed by atoms with Crippen molar-refractivity contribution in [1.82, 2.24) is 4.90 Å². The second kappa shape index (κ2) is 6.49. The van der Waals surface area contributed by atoms with Crippen LogP contribution in [0.1, 0.15) is 24.0 Å². The van der Waals surface area contributed by atoms with Gasteiger partial charge in [0.15, 0.2) is 0 Å². The lowest BCUT2D eigenvalue weighted by molar-refractivity contribution is -0.147. The van der Waals surface area contributed by atoms with Gasteiger partial charge in [-0.25, -0.2) is 4.39 Å². The number of hydrogen-bond acceptors (Lipinski definition) is 4. The van der Waals surface area contributed by atoms with Gasteiger partial charge in [-0.05, 0) is 43.6 Å². The van der Waals surface area contributed by atoms with E-state index >= 15 is 0 Å². The van der Waals surface area contributed by atoms with Crippen LogP contribution in [0.5, 0.6) is 0 Å². The Balaban J connectivity index is 1.96. The lowest BCUT2D eigenvalue weighted by atomic mass is 9.96. The zero-order valence-electron chi connectivity index (χ0n) is 11.4. The van der Waals surface area contributed by atoms with E-state index in [0.717, 1.165) is 31.5 Å². The summed E-state index contributed by atoms with van der Waals surface area (Å²) in [4.78, 5) is 13.6. The van der Waals surface area contributed by atoms with Gasteiger partial charge in [0.25, 0.3) is 0 Å². The number of methoxy groups -OCH3 is 1. The van der Waals surface area contributed by atoms with Gasteiger partial charge in [0.2, 0.25) is 0 Å². The van der Waals surface area contributed by atoms with Gasteiger partial charge >= 0.3 is 5.97 Å². The van der Waals surface area contributed by atoms with Crippen molar-refractivity contribution >= 4 is 5.97 Å². The van der Waals surface area contributed by atoms with Crippen LogP contribution in [0, 0.1) is 23.1 Å². The molecule has 5 heteroatoms. The van der Waals surface area contributed by atoms with E-state index in [1.165, 1.54) is 19.2 Å². The number of carbonyl (C=O) groups excluding carboxylic acids is 1. The van der Waals surface area contributed by atoms with Crippen molar-refractivity contribution in [1.29, 1.82) is 5.26 Å². The third-order valence-electron chi connectivity index (χ3n) is 3.71. The summed E-state index contributed by atoms with van der Waals surface area (Å²) in [6.07, 6.45) is 1.52. The summed E-state index contributed by atoms with van der Waals surface area (Å²) >= 11 is 0. The Kier molecular flexibility index (Phi) is 4.70. The zero-order valence-corrected chi connectivity index (χ0v) is 11.4. The first-order valence-electron chi connectivity index (χ1n) is 6.62. The topological polar surface area (TPSA) is 53.3 Å². The molecule has 0 N–H and O–H groups in total. The van der Waals surface area contributed by atoms with Gasteiger partial charge in [0.1, 0.15) is 5.82 Å². The van der Waals surface area contributed by atoms with Crippen LogP contribution in [-0.4, -0.2) is 31.1 Å². The molecule has 0 unspecified atom stereocenters. The summed E-state index contributed by atoms with van der Waals surface area (Å²) < 4.78 is 17.8. The van der Waals surface area contributed by atoms with E-state index in [9.17, 15) is 9.18 Å². The van der Waals surface area contributed by atoms with Gasteiger partial charge in [-0.15, -0.1) is 0 Å². The maximum absolute atomic E-state index is 13.1. The Morgan fingerprint density at radius 3 is 2.80 bits per heavy atom. The maximum Gasteiger partial charge on any atom is 0.308 e. The van der Waals surface area contributed by atoms with E-state index in [4.69, 9.17) is 10.00 Å². The lowest BCUT2D eigenvalue weighted by Crippen LogP contribution is -2.36. The molecule has 106 valence electrons. The molecule has 0 bridgehead atoms. The molecule has 0 atom stereocenters. The first-order chi connectivity index (χ1) is 9.63. The Bertz CT molecular complexity index is 531. The molecule has 0 saturated carbocycles. The van der Waals surface area contributed by atoms with Crippen molar-refractivity contribution in [2.24, 2.45) is 5.92 Å². The molecule has 0 amide bonds. The number of nitriles is 1. The molecule has 1 fully saturated rings. The average Bonchev–Trinajstić information content (AvgIpc) is 2.49. The molecule has 0 aliphatic carbocycles. The second-order valence-corrected chi connectivity index (χ2v) is 4.99. The number of piperidine rings is 1. The molecule has 1 aliphatic rings. The normalized spacial score (nSPS) is 16.6.